The van der Waals surface area contributed by atoms with E-state index in [0.29, 0.717) is 21.3 Å². The van der Waals surface area contributed by atoms with E-state index in [4.69, 9.17) is 23.2 Å². The summed E-state index contributed by atoms with van der Waals surface area (Å²) < 4.78 is 28.7. The molecule has 0 aromatic heterocycles. The Morgan fingerprint density at radius 3 is 1.87 bits per heavy atom. The average Bonchev–Trinajstić information content (AvgIpc) is 2.87. The molecule has 0 saturated carbocycles. The van der Waals surface area contributed by atoms with Gasteiger partial charge in [0.05, 0.1) is 10.6 Å². The zero-order valence-electron chi connectivity index (χ0n) is 22.6. The Morgan fingerprint density at radius 2 is 1.36 bits per heavy atom. The number of halogens is 2. The molecule has 2 amide bonds. The molecule has 0 heterocycles. The van der Waals surface area contributed by atoms with Gasteiger partial charge >= 0.3 is 0 Å². The van der Waals surface area contributed by atoms with Crippen LogP contribution in [0, 0.1) is 13.8 Å². The Bertz CT molecular complexity index is 1410. The van der Waals surface area contributed by atoms with E-state index >= 15 is 0 Å². The normalized spacial score (nSPS) is 12.2. The maximum Gasteiger partial charge on any atom is 0.264 e. The minimum atomic E-state index is -4.13. The molecule has 0 radical (unpaired) electrons. The molecule has 0 saturated heterocycles. The lowest BCUT2D eigenvalue weighted by Crippen LogP contribution is -2.52. The molecule has 10 heteroatoms. The number of sulfonamides is 1. The number of rotatable bonds is 10. The van der Waals surface area contributed by atoms with Crippen LogP contribution in [0.1, 0.15) is 37.5 Å². The van der Waals surface area contributed by atoms with Crippen LogP contribution >= 0.6 is 23.2 Å². The molecule has 1 N–H and O–H groups in total. The van der Waals surface area contributed by atoms with Crippen molar-refractivity contribution in [2.24, 2.45) is 0 Å². The highest BCUT2D eigenvalue weighted by atomic mass is 35.5. The van der Waals surface area contributed by atoms with Gasteiger partial charge in [0.25, 0.3) is 10.0 Å². The summed E-state index contributed by atoms with van der Waals surface area (Å²) >= 11 is 12.8. The summed E-state index contributed by atoms with van der Waals surface area (Å²) in [5.74, 6) is -0.974. The van der Waals surface area contributed by atoms with Gasteiger partial charge in [0.2, 0.25) is 11.8 Å². The molecule has 1 atom stereocenters. The molecule has 0 aliphatic rings. The Balaban J connectivity index is 2.06. The average molecular weight is 591 g/mol. The third kappa shape index (κ3) is 7.53. The summed E-state index contributed by atoms with van der Waals surface area (Å²) in [5, 5.41) is 3.48. The van der Waals surface area contributed by atoms with Gasteiger partial charge in [-0.2, -0.15) is 0 Å². The van der Waals surface area contributed by atoms with Gasteiger partial charge in [0.15, 0.2) is 0 Å². The van der Waals surface area contributed by atoms with E-state index in [-0.39, 0.29) is 23.4 Å². The van der Waals surface area contributed by atoms with E-state index in [2.05, 4.69) is 5.32 Å². The monoisotopic (exact) mass is 589 g/mol. The summed E-state index contributed by atoms with van der Waals surface area (Å²) in [6, 6.07) is 17.1. The molecule has 0 aliphatic heterocycles. The van der Waals surface area contributed by atoms with Crippen molar-refractivity contribution in [3.05, 3.63) is 93.5 Å². The molecule has 7 nitrogen and oxygen atoms in total. The van der Waals surface area contributed by atoms with Crippen LogP contribution in [0.4, 0.5) is 5.69 Å². The molecule has 0 spiro atoms. The van der Waals surface area contributed by atoms with Crippen LogP contribution in [-0.2, 0) is 26.2 Å². The van der Waals surface area contributed by atoms with Gasteiger partial charge in [-0.3, -0.25) is 13.9 Å². The van der Waals surface area contributed by atoms with Crippen molar-refractivity contribution in [2.75, 3.05) is 10.8 Å². The van der Waals surface area contributed by atoms with Gasteiger partial charge in [-0.1, -0.05) is 64.7 Å². The van der Waals surface area contributed by atoms with Crippen molar-refractivity contribution in [1.82, 2.24) is 10.2 Å². The molecule has 0 unspecified atom stereocenters. The maximum absolute atomic E-state index is 13.9. The number of benzene rings is 3. The number of aryl methyl sites for hydroxylation is 2. The largest absolute Gasteiger partial charge is 0.352 e. The molecule has 39 heavy (non-hydrogen) atoms. The van der Waals surface area contributed by atoms with Gasteiger partial charge in [0.1, 0.15) is 12.6 Å². The summed E-state index contributed by atoms with van der Waals surface area (Å²) in [5.41, 5.74) is 2.62. The van der Waals surface area contributed by atoms with E-state index in [1.54, 1.807) is 61.5 Å². The number of nitrogens with zero attached hydrogens (tertiary/aromatic N) is 2. The van der Waals surface area contributed by atoms with Crippen LogP contribution in [-0.4, -0.2) is 43.8 Å². The Labute approximate surface area is 240 Å². The second-order valence-electron chi connectivity index (χ2n) is 9.72. The van der Waals surface area contributed by atoms with Crippen LogP contribution in [0.15, 0.2) is 71.6 Å². The first-order valence-electron chi connectivity index (χ1n) is 12.5. The van der Waals surface area contributed by atoms with Crippen molar-refractivity contribution in [2.45, 2.75) is 58.1 Å². The van der Waals surface area contributed by atoms with Crippen molar-refractivity contribution >= 4 is 50.7 Å². The van der Waals surface area contributed by atoms with Crippen LogP contribution < -0.4 is 9.62 Å². The van der Waals surface area contributed by atoms with Crippen LogP contribution in [0.2, 0.25) is 10.0 Å². The number of carbonyl (C=O) groups is 2. The Morgan fingerprint density at radius 1 is 0.846 bits per heavy atom. The molecule has 208 valence electrons. The highest BCUT2D eigenvalue weighted by molar-refractivity contribution is 7.92. The fourth-order valence-corrected chi connectivity index (χ4v) is 5.85. The number of amides is 2. The van der Waals surface area contributed by atoms with Crippen molar-refractivity contribution in [3.8, 4) is 0 Å². The first-order chi connectivity index (χ1) is 18.3. The van der Waals surface area contributed by atoms with E-state index < -0.39 is 28.5 Å². The zero-order valence-corrected chi connectivity index (χ0v) is 24.9. The standard InChI is InChI=1S/C29H33Cl2N3O4S/c1-19(2)32-29(36)22(5)33(17-25-26(30)7-6-8-27(25)31)28(35)18-34(23-13-9-20(3)10-14-23)39(37,38)24-15-11-21(4)12-16-24/h6-16,19,22H,17-18H2,1-5H3,(H,32,36)/t22-/m1/s1. The lowest BCUT2D eigenvalue weighted by Gasteiger charge is -2.32. The van der Waals surface area contributed by atoms with Crippen molar-refractivity contribution in [3.63, 3.8) is 0 Å². The lowest BCUT2D eigenvalue weighted by molar-refractivity contribution is -0.139. The number of carbonyl (C=O) groups excluding carboxylic acids is 2. The highest BCUT2D eigenvalue weighted by Gasteiger charge is 2.33. The smallest absolute Gasteiger partial charge is 0.264 e. The van der Waals surface area contributed by atoms with E-state index in [1.807, 2.05) is 27.7 Å². The Kier molecular flexibility index (Phi) is 10.0. The SMILES string of the molecule is Cc1ccc(N(CC(=O)N(Cc2c(Cl)cccc2Cl)[C@H](C)C(=O)NC(C)C)S(=O)(=O)c2ccc(C)cc2)cc1. The summed E-state index contributed by atoms with van der Waals surface area (Å²) in [4.78, 5) is 28.3. The van der Waals surface area contributed by atoms with Gasteiger partial charge in [-0.05, 0) is 71.0 Å². The quantitative estimate of drug-likeness (QED) is 0.326. The fourth-order valence-electron chi connectivity index (χ4n) is 3.92. The highest BCUT2D eigenvalue weighted by Crippen LogP contribution is 2.28. The van der Waals surface area contributed by atoms with Gasteiger partial charge in [-0.15, -0.1) is 0 Å². The van der Waals surface area contributed by atoms with E-state index in [0.717, 1.165) is 15.4 Å². The lowest BCUT2D eigenvalue weighted by atomic mass is 10.1. The van der Waals surface area contributed by atoms with Crippen molar-refractivity contribution in [1.29, 1.82) is 0 Å². The number of hydrogen-bond donors (Lipinski definition) is 1. The van der Waals surface area contributed by atoms with Gasteiger partial charge in [0, 0.05) is 28.2 Å². The summed E-state index contributed by atoms with van der Waals surface area (Å²) in [7, 11) is -4.13. The minimum Gasteiger partial charge on any atom is -0.352 e. The molecule has 3 aromatic rings. The van der Waals surface area contributed by atoms with E-state index in [9.17, 15) is 18.0 Å². The number of hydrogen-bond acceptors (Lipinski definition) is 4. The van der Waals surface area contributed by atoms with Crippen LogP contribution in [0.5, 0.6) is 0 Å². The number of nitrogens with one attached hydrogen (secondary N) is 1. The molecule has 3 rings (SSSR count). The minimum absolute atomic E-state index is 0.0489. The van der Waals surface area contributed by atoms with Gasteiger partial charge in [-0.25, -0.2) is 8.42 Å². The number of anilines is 1. The van der Waals surface area contributed by atoms with Crippen molar-refractivity contribution < 1.29 is 18.0 Å². The third-order valence-corrected chi connectivity index (χ3v) is 8.69. The van der Waals surface area contributed by atoms with Crippen LogP contribution in [0.25, 0.3) is 0 Å². The van der Waals surface area contributed by atoms with Crippen LogP contribution in [0.3, 0.4) is 0 Å². The summed E-state index contributed by atoms with van der Waals surface area (Å²) in [6.45, 7) is 8.34. The van der Waals surface area contributed by atoms with Gasteiger partial charge < -0.3 is 10.2 Å². The molecular formula is C29H33Cl2N3O4S. The second-order valence-corrected chi connectivity index (χ2v) is 12.4. The molecule has 0 bridgehead atoms. The predicted octanol–water partition coefficient (Wildman–Crippen LogP) is 5.75. The summed E-state index contributed by atoms with van der Waals surface area (Å²) in [6.07, 6.45) is 0. The topological polar surface area (TPSA) is 86.8 Å². The second kappa shape index (κ2) is 12.9. The fraction of sp³-hybridized carbons (Fsp3) is 0.310. The molecule has 0 fully saturated rings. The Hall–Kier alpha value is -3.07. The first kappa shape index (κ1) is 30.5. The van der Waals surface area contributed by atoms with E-state index in [1.165, 1.54) is 17.0 Å². The molecule has 0 aliphatic carbocycles. The predicted molar refractivity (Wildman–Crippen MR) is 157 cm³/mol. The third-order valence-electron chi connectivity index (χ3n) is 6.20. The molecular weight excluding hydrogens is 557 g/mol. The maximum atomic E-state index is 13.9. The zero-order chi connectivity index (χ0) is 28.9. The molecule has 3 aromatic carbocycles. The first-order valence-corrected chi connectivity index (χ1v) is 14.7.